The first-order valence-electron chi connectivity index (χ1n) is 7.64. The van der Waals surface area contributed by atoms with Crippen LogP contribution in [0.15, 0.2) is 54.2 Å². The second-order valence-corrected chi connectivity index (χ2v) is 6.42. The van der Waals surface area contributed by atoms with E-state index in [-0.39, 0.29) is 10.7 Å². The maximum atomic E-state index is 12.2. The van der Waals surface area contributed by atoms with Gasteiger partial charge in [0.05, 0.1) is 11.4 Å². The lowest BCUT2D eigenvalue weighted by molar-refractivity contribution is -0.123. The van der Waals surface area contributed by atoms with Gasteiger partial charge >= 0.3 is 0 Å². The average molecular weight is 383 g/mol. The summed E-state index contributed by atoms with van der Waals surface area (Å²) in [5, 5.41) is 5.47. The third-order valence-corrected chi connectivity index (χ3v) is 4.37. The van der Waals surface area contributed by atoms with E-state index < -0.39 is 11.8 Å². The summed E-state index contributed by atoms with van der Waals surface area (Å²) in [5.41, 5.74) is 2.71. The molecule has 0 radical (unpaired) electrons. The van der Waals surface area contributed by atoms with Crippen molar-refractivity contribution < 1.29 is 9.59 Å². The summed E-state index contributed by atoms with van der Waals surface area (Å²) in [7, 11) is 0. The van der Waals surface area contributed by atoms with Gasteiger partial charge in [0, 0.05) is 16.8 Å². The van der Waals surface area contributed by atoms with Crippen LogP contribution in [0.1, 0.15) is 5.69 Å². The first kappa shape index (κ1) is 16.4. The van der Waals surface area contributed by atoms with Crippen molar-refractivity contribution in [3.05, 3.63) is 65.0 Å². The predicted octanol–water partition coefficient (Wildman–Crippen LogP) is 2.57. The van der Waals surface area contributed by atoms with Gasteiger partial charge in [-0.2, -0.15) is 0 Å². The largest absolute Gasteiger partial charge is 0.300 e. The minimum Gasteiger partial charge on any atom is -0.300 e. The van der Waals surface area contributed by atoms with Gasteiger partial charge in [-0.25, -0.2) is 4.98 Å². The zero-order valence-electron chi connectivity index (χ0n) is 13.2. The molecule has 3 aromatic rings. The van der Waals surface area contributed by atoms with E-state index in [0.717, 1.165) is 5.56 Å². The van der Waals surface area contributed by atoms with Crippen LogP contribution < -0.4 is 10.6 Å². The number of pyridine rings is 1. The first-order chi connectivity index (χ1) is 12.5. The number of aromatic nitrogens is 2. The molecule has 26 heavy (non-hydrogen) atoms. The molecule has 1 aromatic carbocycles. The van der Waals surface area contributed by atoms with Crippen molar-refractivity contribution in [2.24, 2.45) is 0 Å². The quantitative estimate of drug-likeness (QED) is 0.406. The Morgan fingerprint density at radius 1 is 1.04 bits per heavy atom. The van der Waals surface area contributed by atoms with Crippen LogP contribution >= 0.6 is 23.8 Å². The molecule has 2 aromatic heterocycles. The van der Waals surface area contributed by atoms with Crippen LogP contribution in [0.5, 0.6) is 0 Å². The Morgan fingerprint density at radius 2 is 1.73 bits per heavy atom. The van der Waals surface area contributed by atoms with E-state index in [2.05, 4.69) is 15.6 Å². The molecule has 0 aliphatic carbocycles. The highest BCUT2D eigenvalue weighted by atomic mass is 35.5. The monoisotopic (exact) mass is 382 g/mol. The minimum atomic E-state index is -0.549. The molecule has 1 aliphatic rings. The number of hydrogen-bond acceptors (Lipinski definition) is 4. The molecule has 1 fully saturated rings. The fourth-order valence-electron chi connectivity index (χ4n) is 2.72. The van der Waals surface area contributed by atoms with Crippen LogP contribution in [0.2, 0.25) is 5.02 Å². The molecule has 0 atom stereocenters. The Morgan fingerprint density at radius 3 is 2.42 bits per heavy atom. The molecule has 2 amide bonds. The van der Waals surface area contributed by atoms with Gasteiger partial charge in [-0.3, -0.25) is 24.6 Å². The van der Waals surface area contributed by atoms with Crippen molar-refractivity contribution in [2.75, 3.05) is 0 Å². The average Bonchev–Trinajstić information content (AvgIpc) is 2.97. The summed E-state index contributed by atoms with van der Waals surface area (Å²) in [6.45, 7) is 0. The molecule has 6 nitrogen and oxygen atoms in total. The fraction of sp³-hybridized carbons (Fsp3) is 0. The number of nitrogens with one attached hydrogen (secondary N) is 2. The molecule has 128 valence electrons. The lowest BCUT2D eigenvalue weighted by Gasteiger charge is -2.16. The molecule has 0 bridgehead atoms. The fourth-order valence-corrected chi connectivity index (χ4v) is 3.03. The summed E-state index contributed by atoms with van der Waals surface area (Å²) in [6.07, 6.45) is 3.33. The number of carbonyl (C=O) groups is 2. The van der Waals surface area contributed by atoms with E-state index in [0.29, 0.717) is 22.1 Å². The maximum absolute atomic E-state index is 12.2. The highest BCUT2D eigenvalue weighted by molar-refractivity contribution is 7.80. The molecule has 2 N–H and O–H groups in total. The highest BCUT2D eigenvalue weighted by Crippen LogP contribution is 2.27. The lowest BCUT2D eigenvalue weighted by Crippen LogP contribution is -2.51. The van der Waals surface area contributed by atoms with Crippen LogP contribution in [0.3, 0.4) is 0 Å². The van der Waals surface area contributed by atoms with Crippen molar-refractivity contribution in [2.45, 2.75) is 0 Å². The molecule has 1 aliphatic heterocycles. The van der Waals surface area contributed by atoms with Crippen molar-refractivity contribution >= 4 is 52.5 Å². The number of carbonyl (C=O) groups excluding carboxylic acids is 2. The van der Waals surface area contributed by atoms with Crippen molar-refractivity contribution in [3.8, 4) is 11.3 Å². The summed E-state index contributed by atoms with van der Waals surface area (Å²) >= 11 is 10.8. The second kappa shape index (κ2) is 6.36. The van der Waals surface area contributed by atoms with Gasteiger partial charge in [-0.05, 0) is 42.6 Å². The molecule has 0 spiro atoms. The van der Waals surface area contributed by atoms with Gasteiger partial charge in [0.25, 0.3) is 11.8 Å². The Bertz CT molecular complexity index is 1080. The summed E-state index contributed by atoms with van der Waals surface area (Å²) in [4.78, 5) is 29.0. The van der Waals surface area contributed by atoms with Crippen LogP contribution in [-0.4, -0.2) is 26.3 Å². The number of halogens is 1. The Hall–Kier alpha value is -3.03. The topological polar surface area (TPSA) is 75.5 Å². The molecule has 0 saturated carbocycles. The summed E-state index contributed by atoms with van der Waals surface area (Å²) in [6, 6.07) is 12.7. The molecule has 0 unspecified atom stereocenters. The molecular formula is C18H11ClN4O2S. The van der Waals surface area contributed by atoms with E-state index in [4.69, 9.17) is 23.8 Å². The van der Waals surface area contributed by atoms with E-state index in [9.17, 15) is 9.59 Å². The van der Waals surface area contributed by atoms with Crippen molar-refractivity contribution in [1.82, 2.24) is 20.0 Å². The second-order valence-electron chi connectivity index (χ2n) is 5.58. The predicted molar refractivity (Wildman–Crippen MR) is 102 cm³/mol. The smallest absolute Gasteiger partial charge is 0.263 e. The molecule has 4 rings (SSSR count). The standard InChI is InChI=1S/C18H11ClN4O2S/c19-11-6-4-10(5-7-11)15-13(23-8-2-1-3-14(23)20-15)9-12-16(24)21-18(26)22-17(12)25/h1-9H,(H2,21,22,24,25,26). The number of thiocarbonyl (C=S) groups is 1. The van der Waals surface area contributed by atoms with Gasteiger partial charge in [0.2, 0.25) is 0 Å². The minimum absolute atomic E-state index is 0.00628. The van der Waals surface area contributed by atoms with Gasteiger partial charge in [-0.1, -0.05) is 29.8 Å². The number of amides is 2. The number of imidazole rings is 1. The van der Waals surface area contributed by atoms with Crippen molar-refractivity contribution in [1.29, 1.82) is 0 Å². The highest BCUT2D eigenvalue weighted by Gasteiger charge is 2.27. The van der Waals surface area contributed by atoms with Gasteiger partial charge in [0.15, 0.2) is 5.11 Å². The van der Waals surface area contributed by atoms with E-state index in [1.54, 1.807) is 12.1 Å². The van der Waals surface area contributed by atoms with Gasteiger partial charge in [-0.15, -0.1) is 0 Å². The Balaban J connectivity index is 1.93. The SMILES string of the molecule is O=C1NC(=S)NC(=O)C1=Cc1c(-c2ccc(Cl)cc2)nc2ccccn12. The van der Waals surface area contributed by atoms with E-state index >= 15 is 0 Å². The third-order valence-electron chi connectivity index (χ3n) is 3.91. The maximum Gasteiger partial charge on any atom is 0.263 e. The van der Waals surface area contributed by atoms with E-state index in [1.165, 1.54) is 6.08 Å². The molecule has 3 heterocycles. The van der Waals surface area contributed by atoms with Crippen LogP contribution in [0.25, 0.3) is 23.0 Å². The zero-order chi connectivity index (χ0) is 18.3. The van der Waals surface area contributed by atoms with Crippen LogP contribution in [-0.2, 0) is 9.59 Å². The number of hydrogen-bond donors (Lipinski definition) is 2. The Kier molecular flexibility index (Phi) is 4.02. The molecule has 8 heteroatoms. The zero-order valence-corrected chi connectivity index (χ0v) is 14.8. The molecule has 1 saturated heterocycles. The number of nitrogens with zero attached hydrogens (tertiary/aromatic N) is 2. The van der Waals surface area contributed by atoms with Crippen molar-refractivity contribution in [3.63, 3.8) is 0 Å². The molecular weight excluding hydrogens is 372 g/mol. The number of rotatable bonds is 2. The van der Waals surface area contributed by atoms with Crippen LogP contribution in [0, 0.1) is 0 Å². The van der Waals surface area contributed by atoms with Crippen LogP contribution in [0.4, 0.5) is 0 Å². The number of benzene rings is 1. The summed E-state index contributed by atoms with van der Waals surface area (Å²) < 4.78 is 1.81. The first-order valence-corrected chi connectivity index (χ1v) is 8.43. The van der Waals surface area contributed by atoms with Gasteiger partial charge < -0.3 is 0 Å². The third kappa shape index (κ3) is 2.87. The summed E-state index contributed by atoms with van der Waals surface area (Å²) in [5.74, 6) is -1.10. The van der Waals surface area contributed by atoms with E-state index in [1.807, 2.05) is 40.9 Å². The van der Waals surface area contributed by atoms with Gasteiger partial charge in [0.1, 0.15) is 11.2 Å². The Labute approximate surface area is 158 Å². The lowest BCUT2D eigenvalue weighted by atomic mass is 10.1. The normalized spacial score (nSPS) is 14.3. The number of fused-ring (bicyclic) bond motifs is 1.